The normalized spacial score (nSPS) is 12.0. The van der Waals surface area contributed by atoms with Crippen LogP contribution in [0.25, 0.3) is 27.2 Å². The molecule has 0 amide bonds. The van der Waals surface area contributed by atoms with Crippen LogP contribution in [0.1, 0.15) is 28.4 Å². The van der Waals surface area contributed by atoms with Gasteiger partial charge in [0, 0.05) is 41.3 Å². The number of oxime groups is 1. The van der Waals surface area contributed by atoms with Crippen molar-refractivity contribution in [3.63, 3.8) is 0 Å². The first kappa shape index (κ1) is 20.6. The molecule has 0 N–H and O–H groups in total. The van der Waals surface area contributed by atoms with Gasteiger partial charge in [-0.1, -0.05) is 53.7 Å². The Hall–Kier alpha value is -4.32. The summed E-state index contributed by atoms with van der Waals surface area (Å²) in [6.45, 7) is 3.19. The zero-order valence-electron chi connectivity index (χ0n) is 18.2. The second kappa shape index (κ2) is 7.98. The number of aromatic nitrogens is 1. The van der Waals surface area contributed by atoms with E-state index in [0.717, 1.165) is 16.6 Å². The highest BCUT2D eigenvalue weighted by Crippen LogP contribution is 2.29. The molecule has 0 saturated heterocycles. The topological polar surface area (TPSA) is 77.2 Å². The van der Waals surface area contributed by atoms with Gasteiger partial charge in [0.25, 0.3) is 0 Å². The van der Waals surface area contributed by atoms with E-state index in [2.05, 4.69) is 5.16 Å². The largest absolute Gasteiger partial charge is 0.331 e. The number of rotatable bonds is 5. The van der Waals surface area contributed by atoms with E-state index < -0.39 is 5.97 Å². The van der Waals surface area contributed by atoms with Gasteiger partial charge in [0.2, 0.25) is 5.78 Å². The first-order chi connectivity index (χ1) is 16.0. The molecule has 0 radical (unpaired) electrons. The molecule has 6 heteroatoms. The maximum absolute atomic E-state index is 13.7. The molecule has 0 aliphatic carbocycles. The van der Waals surface area contributed by atoms with Crippen molar-refractivity contribution in [2.45, 2.75) is 20.3 Å². The summed E-state index contributed by atoms with van der Waals surface area (Å²) in [7, 11) is 0. The Morgan fingerprint density at radius 1 is 0.909 bits per heavy atom. The van der Waals surface area contributed by atoms with Gasteiger partial charge in [-0.05, 0) is 36.2 Å². The lowest BCUT2D eigenvalue weighted by Gasteiger charge is -2.07. The van der Waals surface area contributed by atoms with Crippen LogP contribution in [0.4, 0.5) is 0 Å². The minimum absolute atomic E-state index is 0.0745. The number of fused-ring (bicyclic) bond motifs is 2. The summed E-state index contributed by atoms with van der Waals surface area (Å²) >= 11 is 0. The molecule has 2 heterocycles. The van der Waals surface area contributed by atoms with Crippen LogP contribution in [0.2, 0.25) is 0 Å². The maximum atomic E-state index is 13.7. The van der Waals surface area contributed by atoms with Crippen LogP contribution in [0.5, 0.6) is 0 Å². The van der Waals surface area contributed by atoms with Crippen molar-refractivity contribution in [1.82, 2.24) is 4.40 Å². The van der Waals surface area contributed by atoms with Crippen molar-refractivity contribution in [1.29, 1.82) is 0 Å². The number of pyridine rings is 1. The molecule has 33 heavy (non-hydrogen) atoms. The van der Waals surface area contributed by atoms with E-state index in [1.807, 2.05) is 59.9 Å². The fourth-order valence-electron chi connectivity index (χ4n) is 4.28. The summed E-state index contributed by atoms with van der Waals surface area (Å²) in [5, 5.41) is 5.70. The lowest BCUT2D eigenvalue weighted by Crippen LogP contribution is -2.18. The Labute approximate surface area is 189 Å². The van der Waals surface area contributed by atoms with Gasteiger partial charge >= 0.3 is 5.97 Å². The maximum Gasteiger partial charge on any atom is 0.331 e. The molecule has 0 unspecified atom stereocenters. The molecule has 0 atom stereocenters. The highest BCUT2D eigenvalue weighted by Gasteiger charge is 2.23. The third-order valence-corrected chi connectivity index (χ3v) is 5.89. The van der Waals surface area contributed by atoms with Gasteiger partial charge in [0.1, 0.15) is 5.71 Å². The minimum Gasteiger partial charge on any atom is -0.318 e. The highest BCUT2D eigenvalue weighted by atomic mass is 16.7. The number of ketones is 1. The van der Waals surface area contributed by atoms with Crippen molar-refractivity contribution < 1.29 is 14.4 Å². The molecule has 0 bridgehead atoms. The van der Waals surface area contributed by atoms with Crippen LogP contribution >= 0.6 is 0 Å². The van der Waals surface area contributed by atoms with Crippen LogP contribution in [0, 0.1) is 6.92 Å². The van der Waals surface area contributed by atoms with Crippen LogP contribution in [-0.4, -0.2) is 21.9 Å². The van der Waals surface area contributed by atoms with Gasteiger partial charge in [-0.25, -0.2) is 4.79 Å². The van der Waals surface area contributed by atoms with Gasteiger partial charge in [-0.2, -0.15) is 0 Å². The van der Waals surface area contributed by atoms with Crippen molar-refractivity contribution in [2.24, 2.45) is 5.16 Å². The summed E-state index contributed by atoms with van der Waals surface area (Å²) in [6, 6.07) is 20.4. The second-order valence-corrected chi connectivity index (χ2v) is 8.01. The average molecular weight is 436 g/mol. The Balaban J connectivity index is 1.72. The number of para-hydroxylation sites is 2. The predicted octanol–water partition coefficient (Wildman–Crippen LogP) is 4.70. The molecule has 2 aromatic heterocycles. The first-order valence-electron chi connectivity index (χ1n) is 10.6. The summed E-state index contributed by atoms with van der Waals surface area (Å²) < 4.78 is 1.88. The number of Topliss-reactive ketones (excluding diaryl/α,β-unsaturated/α-hetero) is 1. The van der Waals surface area contributed by atoms with Crippen LogP contribution in [0.3, 0.4) is 0 Å². The smallest absolute Gasteiger partial charge is 0.318 e. The minimum atomic E-state index is -0.604. The third-order valence-electron chi connectivity index (χ3n) is 5.89. The van der Waals surface area contributed by atoms with Gasteiger partial charge in [0.05, 0.1) is 11.0 Å². The molecular weight excluding hydrogens is 416 g/mol. The van der Waals surface area contributed by atoms with E-state index in [1.54, 1.807) is 24.4 Å². The molecule has 3 aromatic carbocycles. The number of hydrogen-bond acceptors (Lipinski definition) is 5. The van der Waals surface area contributed by atoms with E-state index in [-0.39, 0.29) is 23.3 Å². The van der Waals surface area contributed by atoms with Gasteiger partial charge in [0.15, 0.2) is 5.43 Å². The lowest BCUT2D eigenvalue weighted by atomic mass is 9.97. The Kier molecular flexibility index (Phi) is 4.98. The third kappa shape index (κ3) is 3.46. The molecule has 0 aliphatic heterocycles. The van der Waals surface area contributed by atoms with Crippen LogP contribution in [-0.2, 0) is 16.1 Å². The second-order valence-electron chi connectivity index (χ2n) is 8.01. The SMILES string of the molecule is CC(=O)O/N=C(\Cc1ccccc1C)C(=O)c1cn2c3ccccc3c(=O)c3cccc1c32. The summed E-state index contributed by atoms with van der Waals surface area (Å²) in [4.78, 5) is 43.1. The quantitative estimate of drug-likeness (QED) is 0.132. The number of hydrogen-bond donors (Lipinski definition) is 0. The fourth-order valence-corrected chi connectivity index (χ4v) is 4.28. The zero-order valence-corrected chi connectivity index (χ0v) is 18.2. The summed E-state index contributed by atoms with van der Waals surface area (Å²) in [6.07, 6.45) is 1.95. The number of benzene rings is 3. The van der Waals surface area contributed by atoms with E-state index in [0.29, 0.717) is 27.2 Å². The molecule has 6 nitrogen and oxygen atoms in total. The molecule has 162 valence electrons. The molecule has 0 fully saturated rings. The average Bonchev–Trinajstić information content (AvgIpc) is 3.21. The molecule has 0 spiro atoms. The number of nitrogens with zero attached hydrogens (tertiary/aromatic N) is 2. The Morgan fingerprint density at radius 3 is 2.39 bits per heavy atom. The van der Waals surface area contributed by atoms with E-state index in [1.165, 1.54) is 6.92 Å². The van der Waals surface area contributed by atoms with Gasteiger partial charge in [-0.3, -0.25) is 9.59 Å². The molecule has 0 aliphatic rings. The van der Waals surface area contributed by atoms with E-state index in [9.17, 15) is 14.4 Å². The number of aryl methyl sites for hydroxylation is 1. The molecular formula is C27H20N2O4. The van der Waals surface area contributed by atoms with Gasteiger partial charge < -0.3 is 9.24 Å². The Morgan fingerprint density at radius 2 is 1.61 bits per heavy atom. The molecule has 0 saturated carbocycles. The van der Waals surface area contributed by atoms with E-state index in [4.69, 9.17) is 4.84 Å². The fraction of sp³-hybridized carbons (Fsp3) is 0.111. The monoisotopic (exact) mass is 436 g/mol. The highest BCUT2D eigenvalue weighted by molar-refractivity contribution is 6.48. The van der Waals surface area contributed by atoms with Crippen LogP contribution in [0.15, 0.2) is 82.9 Å². The van der Waals surface area contributed by atoms with Crippen molar-refractivity contribution in [3.8, 4) is 0 Å². The first-order valence-corrected chi connectivity index (χ1v) is 10.6. The summed E-state index contributed by atoms with van der Waals surface area (Å²) in [5.41, 5.74) is 3.76. The van der Waals surface area contributed by atoms with Crippen molar-refractivity contribution in [3.05, 3.63) is 99.8 Å². The molecule has 5 rings (SSSR count). The van der Waals surface area contributed by atoms with Crippen molar-refractivity contribution in [2.75, 3.05) is 0 Å². The van der Waals surface area contributed by atoms with Crippen molar-refractivity contribution >= 4 is 44.7 Å². The zero-order chi connectivity index (χ0) is 23.1. The van der Waals surface area contributed by atoms with Gasteiger partial charge in [-0.15, -0.1) is 0 Å². The van der Waals surface area contributed by atoms with E-state index >= 15 is 0 Å². The Bertz CT molecular complexity index is 1650. The van der Waals surface area contributed by atoms with Crippen LogP contribution < -0.4 is 5.43 Å². The predicted molar refractivity (Wildman–Crippen MR) is 128 cm³/mol. The lowest BCUT2D eigenvalue weighted by molar-refractivity contribution is -0.140. The molecule has 5 aromatic rings. The summed E-state index contributed by atoms with van der Waals surface area (Å²) in [5.74, 6) is -0.959. The number of carbonyl (C=O) groups excluding carboxylic acids is 2. The standard InChI is InChI=1S/C27H20N2O4/c1-16-8-3-4-9-18(16)14-23(28-33-17(2)30)27(32)22-15-29-24-13-6-5-10-20(24)26(31)21-12-7-11-19(22)25(21)29/h3-13,15H,14H2,1-2H3/b28-23+. The number of carbonyl (C=O) groups is 2.